The Bertz CT molecular complexity index is 298. The Morgan fingerprint density at radius 1 is 1.29 bits per heavy atom. The number of carbonyl (C=O) groups is 2. The lowest BCUT2D eigenvalue weighted by atomic mass is 10.1. The molecule has 0 radical (unpaired) electrons. The summed E-state index contributed by atoms with van der Waals surface area (Å²) >= 11 is 0. The van der Waals surface area contributed by atoms with E-state index in [-0.39, 0.29) is 13.0 Å². The molecule has 0 amide bonds. The van der Waals surface area contributed by atoms with Crippen molar-refractivity contribution in [2.45, 2.75) is 37.8 Å². The molecule has 0 spiro atoms. The fourth-order valence-electron chi connectivity index (χ4n) is 1.08. The van der Waals surface area contributed by atoms with Crippen LogP contribution in [0.5, 0.6) is 0 Å². The highest BCUT2D eigenvalue weighted by Gasteiger charge is 2.14. The summed E-state index contributed by atoms with van der Waals surface area (Å²) in [5, 5.41) is 8.51. The minimum Gasteiger partial charge on any atom is -0.480 e. The Morgan fingerprint density at radius 3 is 2.47 bits per heavy atom. The minimum atomic E-state index is -1.03. The molecule has 0 saturated heterocycles. The fraction of sp³-hybridized carbons (Fsp3) is 0.636. The summed E-state index contributed by atoms with van der Waals surface area (Å²) in [6, 6.07) is -1.66. The number of hydrogen-bond donors (Lipinski definition) is 3. The van der Waals surface area contributed by atoms with Crippen molar-refractivity contribution >= 4 is 11.9 Å². The van der Waals surface area contributed by atoms with Crippen LogP contribution in [0.15, 0.2) is 0 Å². The van der Waals surface area contributed by atoms with Crippen LogP contribution >= 0.6 is 0 Å². The van der Waals surface area contributed by atoms with Gasteiger partial charge in [0.15, 0.2) is 0 Å². The molecule has 0 heterocycles. The van der Waals surface area contributed by atoms with Gasteiger partial charge in [-0.1, -0.05) is 0 Å². The molecular formula is C11H18N2O4. The zero-order chi connectivity index (χ0) is 13.3. The smallest absolute Gasteiger partial charge is 0.323 e. The number of carbonyl (C=O) groups excluding carboxylic acids is 1. The molecule has 17 heavy (non-hydrogen) atoms. The molecule has 0 fully saturated rings. The highest BCUT2D eigenvalue weighted by atomic mass is 16.5. The molecule has 0 aromatic heterocycles. The number of hydrogen-bond acceptors (Lipinski definition) is 5. The lowest BCUT2D eigenvalue weighted by Gasteiger charge is -2.09. The minimum absolute atomic E-state index is 0.142. The van der Waals surface area contributed by atoms with Crippen molar-refractivity contribution in [3.8, 4) is 12.3 Å². The summed E-state index contributed by atoms with van der Waals surface area (Å²) in [6.07, 6.45) is 6.62. The summed E-state index contributed by atoms with van der Waals surface area (Å²) in [5.74, 6) is 0.704. The van der Waals surface area contributed by atoms with Crippen molar-refractivity contribution in [2.24, 2.45) is 11.5 Å². The van der Waals surface area contributed by atoms with E-state index in [4.69, 9.17) is 27.7 Å². The van der Waals surface area contributed by atoms with Crippen LogP contribution in [-0.4, -0.2) is 35.7 Å². The van der Waals surface area contributed by atoms with Gasteiger partial charge in [0.1, 0.15) is 12.1 Å². The van der Waals surface area contributed by atoms with Gasteiger partial charge < -0.3 is 21.3 Å². The van der Waals surface area contributed by atoms with E-state index in [1.807, 2.05) is 0 Å². The molecule has 96 valence electrons. The van der Waals surface area contributed by atoms with Crippen molar-refractivity contribution < 1.29 is 19.4 Å². The van der Waals surface area contributed by atoms with Crippen molar-refractivity contribution in [1.29, 1.82) is 0 Å². The lowest BCUT2D eigenvalue weighted by molar-refractivity contribution is -0.145. The van der Waals surface area contributed by atoms with Gasteiger partial charge in [-0.15, -0.1) is 12.3 Å². The Labute approximate surface area is 100 Å². The third-order valence-corrected chi connectivity index (χ3v) is 2.11. The monoisotopic (exact) mass is 242 g/mol. The lowest BCUT2D eigenvalue weighted by Crippen LogP contribution is -2.32. The first-order valence-corrected chi connectivity index (χ1v) is 5.33. The van der Waals surface area contributed by atoms with Crippen LogP contribution < -0.4 is 11.5 Å². The van der Waals surface area contributed by atoms with Gasteiger partial charge in [0.25, 0.3) is 0 Å². The van der Waals surface area contributed by atoms with Crippen molar-refractivity contribution in [1.82, 2.24) is 0 Å². The summed E-state index contributed by atoms with van der Waals surface area (Å²) in [7, 11) is 0. The predicted molar refractivity (Wildman–Crippen MR) is 61.8 cm³/mol. The number of rotatable bonds is 8. The Morgan fingerprint density at radius 2 is 1.94 bits per heavy atom. The molecular weight excluding hydrogens is 224 g/mol. The van der Waals surface area contributed by atoms with Gasteiger partial charge in [-0.3, -0.25) is 9.59 Å². The molecule has 0 aliphatic carbocycles. The summed E-state index contributed by atoms with van der Waals surface area (Å²) < 4.78 is 4.85. The summed E-state index contributed by atoms with van der Waals surface area (Å²) in [6.45, 7) is 0.198. The molecule has 6 nitrogen and oxygen atoms in total. The first kappa shape index (κ1) is 15.4. The molecule has 0 aromatic rings. The number of aliphatic carboxylic acids is 1. The number of unbranched alkanes of at least 4 members (excludes halogenated alkanes) is 1. The van der Waals surface area contributed by atoms with E-state index >= 15 is 0 Å². The molecule has 0 aliphatic heterocycles. The van der Waals surface area contributed by atoms with E-state index in [1.165, 1.54) is 0 Å². The number of esters is 1. The number of nitrogens with two attached hydrogens (primary N) is 2. The quantitative estimate of drug-likeness (QED) is 0.299. The van der Waals surface area contributed by atoms with Gasteiger partial charge in [0.05, 0.1) is 6.61 Å². The van der Waals surface area contributed by atoms with Gasteiger partial charge in [0, 0.05) is 6.42 Å². The molecule has 0 bridgehead atoms. The maximum absolute atomic E-state index is 11.2. The molecule has 0 saturated carbocycles. The zero-order valence-corrected chi connectivity index (χ0v) is 9.59. The number of carboxylic acid groups (broad SMARTS) is 1. The average Bonchev–Trinajstić information content (AvgIpc) is 2.28. The van der Waals surface area contributed by atoms with E-state index in [2.05, 4.69) is 5.92 Å². The number of carboxylic acids is 1. The largest absolute Gasteiger partial charge is 0.480 e. The van der Waals surface area contributed by atoms with E-state index in [9.17, 15) is 9.59 Å². The van der Waals surface area contributed by atoms with E-state index in [1.54, 1.807) is 0 Å². The summed E-state index contributed by atoms with van der Waals surface area (Å²) in [4.78, 5) is 21.6. The topological polar surface area (TPSA) is 116 Å². The van der Waals surface area contributed by atoms with Gasteiger partial charge in [-0.2, -0.15) is 0 Å². The van der Waals surface area contributed by atoms with Crippen LogP contribution in [-0.2, 0) is 14.3 Å². The van der Waals surface area contributed by atoms with Crippen LogP contribution in [0.3, 0.4) is 0 Å². The third kappa shape index (κ3) is 7.33. The normalized spacial score (nSPS) is 13.5. The fourth-order valence-corrected chi connectivity index (χ4v) is 1.08. The second-order valence-corrected chi connectivity index (χ2v) is 3.62. The molecule has 0 aliphatic rings. The zero-order valence-electron chi connectivity index (χ0n) is 9.59. The first-order valence-electron chi connectivity index (χ1n) is 5.33. The second-order valence-electron chi connectivity index (χ2n) is 3.62. The van der Waals surface area contributed by atoms with E-state index in [0.29, 0.717) is 19.3 Å². The highest BCUT2D eigenvalue weighted by molar-refractivity contribution is 5.75. The van der Waals surface area contributed by atoms with E-state index < -0.39 is 24.0 Å². The van der Waals surface area contributed by atoms with Crippen LogP contribution in [0.2, 0.25) is 0 Å². The Hall–Kier alpha value is -1.58. The molecule has 5 N–H and O–H groups in total. The molecule has 2 atom stereocenters. The van der Waals surface area contributed by atoms with Crippen LogP contribution in [0.4, 0.5) is 0 Å². The van der Waals surface area contributed by atoms with Gasteiger partial charge in [0.2, 0.25) is 0 Å². The molecule has 6 heteroatoms. The molecule has 0 unspecified atom stereocenters. The molecule has 0 rings (SSSR count). The van der Waals surface area contributed by atoms with Gasteiger partial charge >= 0.3 is 11.9 Å². The maximum atomic E-state index is 11.2. The Kier molecular flexibility index (Phi) is 7.76. The predicted octanol–water partition coefficient (Wildman–Crippen LogP) is -0.538. The van der Waals surface area contributed by atoms with E-state index in [0.717, 1.165) is 0 Å². The SMILES string of the molecule is C#CC[C@H](N)C(=O)OCCCC[C@H](N)C(=O)O. The second kappa shape index (κ2) is 8.56. The Balaban J connectivity index is 3.55. The number of terminal acetylenes is 1. The standard InChI is InChI=1S/C11H18N2O4/c1-2-5-9(13)11(16)17-7-4-3-6-8(12)10(14)15/h1,8-9H,3-7,12-13H2,(H,14,15)/t8-,9-/m0/s1. The van der Waals surface area contributed by atoms with Crippen molar-refractivity contribution in [3.63, 3.8) is 0 Å². The van der Waals surface area contributed by atoms with Crippen molar-refractivity contribution in [3.05, 3.63) is 0 Å². The number of ether oxygens (including phenoxy) is 1. The average molecular weight is 242 g/mol. The third-order valence-electron chi connectivity index (χ3n) is 2.11. The molecule has 0 aromatic carbocycles. The summed E-state index contributed by atoms with van der Waals surface area (Å²) in [5.41, 5.74) is 10.7. The van der Waals surface area contributed by atoms with Gasteiger partial charge in [-0.05, 0) is 19.3 Å². The van der Waals surface area contributed by atoms with Crippen molar-refractivity contribution in [2.75, 3.05) is 6.61 Å². The van der Waals surface area contributed by atoms with Crippen LogP contribution in [0.1, 0.15) is 25.7 Å². The first-order chi connectivity index (χ1) is 7.99. The van der Waals surface area contributed by atoms with Gasteiger partial charge in [-0.25, -0.2) is 0 Å². The van der Waals surface area contributed by atoms with Crippen LogP contribution in [0.25, 0.3) is 0 Å². The van der Waals surface area contributed by atoms with Crippen LogP contribution in [0, 0.1) is 12.3 Å². The maximum Gasteiger partial charge on any atom is 0.323 e. The highest BCUT2D eigenvalue weighted by Crippen LogP contribution is 2.00.